The average Bonchev–Trinajstić information content (AvgIpc) is 2.55. The quantitative estimate of drug-likeness (QED) is 0.775. The van der Waals surface area contributed by atoms with E-state index in [1.807, 2.05) is 44.4 Å². The van der Waals surface area contributed by atoms with Crippen LogP contribution in [0.25, 0.3) is 0 Å². The van der Waals surface area contributed by atoms with Gasteiger partial charge in [-0.2, -0.15) is 0 Å². The number of quaternary nitrogens is 1. The molecule has 1 aliphatic carbocycles. The van der Waals surface area contributed by atoms with Crippen molar-refractivity contribution in [2.24, 2.45) is 5.92 Å². The lowest BCUT2D eigenvalue weighted by Crippen LogP contribution is -3.06. The minimum absolute atomic E-state index is 0.0529. The van der Waals surface area contributed by atoms with Gasteiger partial charge in [0.1, 0.15) is 13.2 Å². The summed E-state index contributed by atoms with van der Waals surface area (Å²) in [6.07, 6.45) is 5.06. The summed E-state index contributed by atoms with van der Waals surface area (Å²) in [4.78, 5) is 13.9. The summed E-state index contributed by atoms with van der Waals surface area (Å²) in [7, 11) is 4.02. The first-order chi connectivity index (χ1) is 10.5. The van der Waals surface area contributed by atoms with Gasteiger partial charge in [-0.15, -0.1) is 0 Å². The molecule has 1 aromatic rings. The zero-order chi connectivity index (χ0) is 16.0. The van der Waals surface area contributed by atoms with Crippen LogP contribution in [0.5, 0.6) is 0 Å². The van der Waals surface area contributed by atoms with Crippen molar-refractivity contribution < 1.29 is 19.5 Å². The molecule has 0 heterocycles. The van der Waals surface area contributed by atoms with Crippen molar-refractivity contribution in [3.05, 3.63) is 35.9 Å². The van der Waals surface area contributed by atoms with Crippen LogP contribution in [0.3, 0.4) is 0 Å². The maximum absolute atomic E-state index is 12.7. The van der Waals surface area contributed by atoms with Crippen molar-refractivity contribution in [2.75, 3.05) is 27.2 Å². The van der Waals surface area contributed by atoms with E-state index in [1.54, 1.807) is 0 Å². The fourth-order valence-corrected chi connectivity index (χ4v) is 3.19. The molecule has 2 N–H and O–H groups in total. The maximum atomic E-state index is 12.7. The minimum Gasteiger partial charge on any atom is -0.457 e. The molecular weight excluding hydrogens is 278 g/mol. The third kappa shape index (κ3) is 3.87. The van der Waals surface area contributed by atoms with E-state index in [4.69, 9.17) is 4.74 Å². The normalized spacial score (nSPS) is 18.9. The van der Waals surface area contributed by atoms with Gasteiger partial charge in [0.15, 0.2) is 5.60 Å². The van der Waals surface area contributed by atoms with E-state index in [2.05, 4.69) is 0 Å². The van der Waals surface area contributed by atoms with Gasteiger partial charge in [0.05, 0.1) is 14.1 Å². The summed E-state index contributed by atoms with van der Waals surface area (Å²) in [6, 6.07) is 9.27. The maximum Gasteiger partial charge on any atom is 0.343 e. The number of hydrogen-bond acceptors (Lipinski definition) is 3. The van der Waals surface area contributed by atoms with E-state index >= 15 is 0 Å². The fraction of sp³-hybridized carbons (Fsp3) is 0.611. The number of aliphatic hydroxyl groups is 1. The molecule has 1 aromatic carbocycles. The van der Waals surface area contributed by atoms with Crippen LogP contribution in [0.1, 0.15) is 37.7 Å². The lowest BCUT2D eigenvalue weighted by molar-refractivity contribution is -0.858. The largest absolute Gasteiger partial charge is 0.457 e. The van der Waals surface area contributed by atoms with Gasteiger partial charge in [-0.25, -0.2) is 4.79 Å². The Balaban J connectivity index is 2.19. The molecule has 4 nitrogen and oxygen atoms in total. The van der Waals surface area contributed by atoms with Crippen LogP contribution in [0.4, 0.5) is 0 Å². The molecule has 0 radical (unpaired) electrons. The first-order valence-electron chi connectivity index (χ1n) is 8.29. The molecule has 4 heteroatoms. The van der Waals surface area contributed by atoms with E-state index in [9.17, 15) is 9.90 Å². The highest BCUT2D eigenvalue weighted by atomic mass is 16.5. The van der Waals surface area contributed by atoms with Crippen LogP contribution < -0.4 is 4.90 Å². The van der Waals surface area contributed by atoms with E-state index in [1.165, 1.54) is 11.3 Å². The third-order valence-corrected chi connectivity index (χ3v) is 4.56. The monoisotopic (exact) mass is 306 g/mol. The van der Waals surface area contributed by atoms with Gasteiger partial charge < -0.3 is 14.7 Å². The minimum atomic E-state index is -1.51. The molecule has 0 unspecified atom stereocenters. The number of rotatable bonds is 6. The van der Waals surface area contributed by atoms with Crippen LogP contribution in [0.2, 0.25) is 0 Å². The zero-order valence-electron chi connectivity index (χ0n) is 13.7. The highest BCUT2D eigenvalue weighted by Gasteiger charge is 2.47. The van der Waals surface area contributed by atoms with Crippen molar-refractivity contribution in [2.45, 2.75) is 37.7 Å². The Labute approximate surface area is 133 Å². The molecule has 122 valence electrons. The topological polar surface area (TPSA) is 51.0 Å². The van der Waals surface area contributed by atoms with Crippen LogP contribution in [-0.2, 0) is 15.1 Å². The SMILES string of the molecule is C[NH+](C)CCOC(=O)[C@](O)(c1ccccc1)C1CCCCC1. The molecule has 0 aliphatic heterocycles. The Morgan fingerprint density at radius 3 is 2.45 bits per heavy atom. The Morgan fingerprint density at radius 2 is 1.86 bits per heavy atom. The number of hydrogen-bond donors (Lipinski definition) is 2. The molecule has 2 rings (SSSR count). The van der Waals surface area contributed by atoms with E-state index < -0.39 is 11.6 Å². The highest BCUT2D eigenvalue weighted by Crippen LogP contribution is 2.40. The first kappa shape index (κ1) is 17.0. The molecule has 0 aromatic heterocycles. The number of esters is 1. The van der Waals surface area contributed by atoms with Crippen molar-refractivity contribution in [3.63, 3.8) is 0 Å². The van der Waals surface area contributed by atoms with Crippen molar-refractivity contribution in [1.29, 1.82) is 0 Å². The molecule has 0 amide bonds. The van der Waals surface area contributed by atoms with E-state index in [-0.39, 0.29) is 5.92 Å². The summed E-state index contributed by atoms with van der Waals surface area (Å²) in [5.41, 5.74) is -0.854. The second-order valence-corrected chi connectivity index (χ2v) is 6.56. The summed E-state index contributed by atoms with van der Waals surface area (Å²) in [5, 5.41) is 11.3. The molecule has 1 atom stereocenters. The Morgan fingerprint density at radius 1 is 1.23 bits per heavy atom. The molecule has 1 saturated carbocycles. The average molecular weight is 306 g/mol. The summed E-state index contributed by atoms with van der Waals surface area (Å²) < 4.78 is 5.42. The number of carbonyl (C=O) groups excluding carboxylic acids is 1. The van der Waals surface area contributed by atoms with E-state index in [0.29, 0.717) is 12.2 Å². The third-order valence-electron chi connectivity index (χ3n) is 4.56. The van der Waals surface area contributed by atoms with Crippen LogP contribution in [-0.4, -0.2) is 38.3 Å². The summed E-state index contributed by atoms with van der Waals surface area (Å²) in [6.45, 7) is 1.07. The smallest absolute Gasteiger partial charge is 0.343 e. The number of ether oxygens (including phenoxy) is 1. The van der Waals surface area contributed by atoms with Crippen LogP contribution in [0.15, 0.2) is 30.3 Å². The van der Waals surface area contributed by atoms with Crippen molar-refractivity contribution in [3.8, 4) is 0 Å². The molecule has 22 heavy (non-hydrogen) atoms. The van der Waals surface area contributed by atoms with Gasteiger partial charge >= 0.3 is 5.97 Å². The Hall–Kier alpha value is -1.39. The van der Waals surface area contributed by atoms with Crippen LogP contribution >= 0.6 is 0 Å². The van der Waals surface area contributed by atoms with Gasteiger partial charge in [0, 0.05) is 5.92 Å². The first-order valence-corrected chi connectivity index (χ1v) is 8.29. The number of carbonyl (C=O) groups is 1. The Kier molecular flexibility index (Phi) is 5.98. The number of benzene rings is 1. The predicted octanol–water partition coefficient (Wildman–Crippen LogP) is 1.14. The summed E-state index contributed by atoms with van der Waals surface area (Å²) in [5.74, 6) is -0.547. The lowest BCUT2D eigenvalue weighted by Gasteiger charge is -2.36. The molecule has 0 saturated heterocycles. The van der Waals surface area contributed by atoms with Gasteiger partial charge in [0.25, 0.3) is 0 Å². The summed E-state index contributed by atoms with van der Waals surface area (Å²) >= 11 is 0. The van der Waals surface area contributed by atoms with Gasteiger partial charge in [-0.05, 0) is 18.4 Å². The Bertz CT molecular complexity index is 468. The number of likely N-dealkylation sites (N-methyl/N-ethyl adjacent to an activating group) is 1. The second kappa shape index (κ2) is 7.75. The second-order valence-electron chi connectivity index (χ2n) is 6.56. The van der Waals surface area contributed by atoms with Gasteiger partial charge in [-0.1, -0.05) is 49.6 Å². The van der Waals surface area contributed by atoms with Crippen LogP contribution in [0, 0.1) is 5.92 Å². The predicted molar refractivity (Wildman–Crippen MR) is 85.6 cm³/mol. The van der Waals surface area contributed by atoms with Gasteiger partial charge in [-0.3, -0.25) is 0 Å². The lowest BCUT2D eigenvalue weighted by atomic mass is 9.73. The fourth-order valence-electron chi connectivity index (χ4n) is 3.19. The highest BCUT2D eigenvalue weighted by molar-refractivity contribution is 5.81. The molecule has 0 spiro atoms. The number of nitrogens with one attached hydrogen (secondary N) is 1. The standard InChI is InChI=1S/C18H27NO3/c1-19(2)13-14-22-17(20)18(21,15-9-5-3-6-10-15)16-11-7-4-8-12-16/h3,5-6,9-10,16,21H,4,7-8,11-14H2,1-2H3/p+1/t18-/m0/s1. The van der Waals surface area contributed by atoms with Crippen molar-refractivity contribution >= 4 is 5.97 Å². The molecule has 1 aliphatic rings. The molecule has 0 bridgehead atoms. The molecule has 1 fully saturated rings. The van der Waals surface area contributed by atoms with E-state index in [0.717, 1.165) is 32.2 Å². The molecular formula is C18H28NO3+. The van der Waals surface area contributed by atoms with Crippen molar-refractivity contribution in [1.82, 2.24) is 0 Å². The zero-order valence-corrected chi connectivity index (χ0v) is 13.7. The van der Waals surface area contributed by atoms with Gasteiger partial charge in [0.2, 0.25) is 0 Å².